The summed E-state index contributed by atoms with van der Waals surface area (Å²) in [7, 11) is 0. The maximum Gasteiger partial charge on any atom is 0.236 e. The van der Waals surface area contributed by atoms with Crippen molar-refractivity contribution in [1.82, 2.24) is 40.8 Å². The van der Waals surface area contributed by atoms with Crippen LogP contribution in [0.25, 0.3) is 0 Å². The number of rotatable bonds is 26. The number of carbonyl (C=O) groups excluding carboxylic acids is 4. The first-order chi connectivity index (χ1) is 36.2. The van der Waals surface area contributed by atoms with Gasteiger partial charge in [-0.2, -0.15) is 23.5 Å². The Hall–Kier alpha value is -6.38. The van der Waals surface area contributed by atoms with Crippen LogP contribution in [0.2, 0.25) is 0 Å². The molecule has 8 rings (SSSR count). The highest BCUT2D eigenvalue weighted by Crippen LogP contribution is 2.25. The molecule has 4 aromatic heterocycles. The summed E-state index contributed by atoms with van der Waals surface area (Å²) in [6.45, 7) is -0.588. The fourth-order valence-corrected chi connectivity index (χ4v) is 12.1. The Morgan fingerprint density at radius 2 is 0.689 bits per heavy atom. The first kappa shape index (κ1) is 55.4. The van der Waals surface area contributed by atoms with Gasteiger partial charge in [0.1, 0.15) is 20.0 Å². The van der Waals surface area contributed by atoms with Gasteiger partial charge in [-0.15, -0.1) is 40.8 Å². The number of aliphatic hydroxyl groups excluding tert-OH is 2. The lowest BCUT2D eigenvalue weighted by atomic mass is 9.99. The Balaban J connectivity index is 0.000000217. The molecule has 4 aromatic carbocycles. The molecule has 18 nitrogen and oxygen atoms in total. The van der Waals surface area contributed by atoms with Crippen LogP contribution in [0.5, 0.6) is 0 Å². The smallest absolute Gasteiger partial charge is 0.236 e. The highest BCUT2D eigenvalue weighted by atomic mass is 32.2. The summed E-state index contributed by atoms with van der Waals surface area (Å²) in [5.41, 5.74) is 3.40. The van der Waals surface area contributed by atoms with Crippen LogP contribution < -0.4 is 21.3 Å². The molecule has 0 radical (unpaired) electrons. The van der Waals surface area contributed by atoms with Crippen molar-refractivity contribution in [2.75, 3.05) is 57.5 Å². The first-order valence-corrected chi connectivity index (χ1v) is 28.8. The summed E-state index contributed by atoms with van der Waals surface area (Å²) < 4.78 is 0. The Labute approximate surface area is 451 Å². The molecule has 74 heavy (non-hydrogen) atoms. The number of carbonyl (C=O) groups is 4. The van der Waals surface area contributed by atoms with Gasteiger partial charge in [0.2, 0.25) is 44.2 Å². The second-order valence-electron chi connectivity index (χ2n) is 15.9. The number of nitrogens with zero attached hydrogens (tertiary/aromatic N) is 8. The number of hydrogen-bond donors (Lipinski definition) is 6. The summed E-state index contributed by atoms with van der Waals surface area (Å²) in [5.74, 6) is 1.28. The molecule has 2 atom stereocenters. The Bertz CT molecular complexity index is 2770. The van der Waals surface area contributed by atoms with Gasteiger partial charge >= 0.3 is 0 Å². The molecule has 0 saturated heterocycles. The summed E-state index contributed by atoms with van der Waals surface area (Å²) in [6, 6.07) is 37.5. The summed E-state index contributed by atoms with van der Waals surface area (Å²) >= 11 is 8.99. The molecule has 0 aliphatic rings. The number of aryl methyl sites for hydroxylation is 4. The molecular formula is C50H52N12O6S6. The minimum absolute atomic E-state index is 0.0963. The van der Waals surface area contributed by atoms with E-state index in [1.54, 1.807) is 47.8 Å². The van der Waals surface area contributed by atoms with E-state index in [-0.39, 0.29) is 36.8 Å². The van der Waals surface area contributed by atoms with Crippen molar-refractivity contribution in [2.45, 2.75) is 50.4 Å². The molecule has 0 aliphatic carbocycles. The first-order valence-electron chi connectivity index (χ1n) is 23.3. The fourth-order valence-electron chi connectivity index (χ4n) is 6.79. The van der Waals surface area contributed by atoms with Gasteiger partial charge in [0.05, 0.1) is 37.9 Å². The van der Waals surface area contributed by atoms with E-state index in [0.717, 1.165) is 78.1 Å². The van der Waals surface area contributed by atoms with Crippen molar-refractivity contribution in [1.29, 1.82) is 0 Å². The van der Waals surface area contributed by atoms with Crippen molar-refractivity contribution in [3.05, 3.63) is 164 Å². The zero-order chi connectivity index (χ0) is 51.7. The van der Waals surface area contributed by atoms with Gasteiger partial charge in [-0.1, -0.05) is 167 Å². The van der Waals surface area contributed by atoms with E-state index >= 15 is 0 Å². The molecule has 4 heterocycles. The minimum atomic E-state index is -0.664. The number of thioether (sulfide) groups is 2. The number of aliphatic hydroxyl groups is 2. The van der Waals surface area contributed by atoms with Gasteiger partial charge in [-0.25, -0.2) is 0 Å². The van der Waals surface area contributed by atoms with Gasteiger partial charge in [-0.05, 0) is 45.3 Å². The molecule has 0 spiro atoms. The van der Waals surface area contributed by atoms with E-state index in [2.05, 4.69) is 62.1 Å². The van der Waals surface area contributed by atoms with Crippen molar-refractivity contribution < 1.29 is 29.4 Å². The van der Waals surface area contributed by atoms with Crippen LogP contribution in [0.1, 0.15) is 54.1 Å². The van der Waals surface area contributed by atoms with Crippen LogP contribution in [0, 0.1) is 0 Å². The van der Waals surface area contributed by atoms with E-state index < -0.39 is 11.8 Å². The topological polar surface area (TPSA) is 260 Å². The molecule has 0 fully saturated rings. The number of benzene rings is 4. The van der Waals surface area contributed by atoms with Gasteiger partial charge in [-0.3, -0.25) is 29.8 Å². The zero-order valence-electron chi connectivity index (χ0n) is 39.7. The third-order valence-electron chi connectivity index (χ3n) is 10.5. The third kappa shape index (κ3) is 18.5. The normalized spacial score (nSPS) is 11.7. The average Bonchev–Trinajstić information content (AvgIpc) is 4.26. The largest absolute Gasteiger partial charge is 0.395 e. The molecule has 6 N–H and O–H groups in total. The molecular weight excluding hydrogens is 1060 g/mol. The predicted octanol–water partition coefficient (Wildman–Crippen LogP) is 7.61. The quantitative estimate of drug-likeness (QED) is 0.0285. The van der Waals surface area contributed by atoms with Crippen LogP contribution in [0.3, 0.4) is 0 Å². The molecule has 0 aliphatic heterocycles. The van der Waals surface area contributed by atoms with E-state index in [9.17, 15) is 29.4 Å². The molecule has 24 heteroatoms. The summed E-state index contributed by atoms with van der Waals surface area (Å²) in [6.07, 6.45) is 3.62. The Morgan fingerprint density at radius 3 is 0.986 bits per heavy atom. The number of hydrogen-bond acceptors (Lipinski definition) is 20. The van der Waals surface area contributed by atoms with E-state index in [1.165, 1.54) is 45.3 Å². The zero-order valence-corrected chi connectivity index (χ0v) is 44.6. The molecule has 4 amide bonds. The Kier molecular flexibility index (Phi) is 22.5. The lowest BCUT2D eigenvalue weighted by Gasteiger charge is -2.13. The molecule has 0 bridgehead atoms. The van der Waals surface area contributed by atoms with Crippen molar-refractivity contribution in [2.24, 2.45) is 0 Å². The minimum Gasteiger partial charge on any atom is -0.395 e. The number of aromatic nitrogens is 8. The van der Waals surface area contributed by atoms with E-state index in [4.69, 9.17) is 0 Å². The molecule has 384 valence electrons. The molecule has 2 unspecified atom stereocenters. The molecule has 0 saturated carbocycles. The lowest BCUT2D eigenvalue weighted by molar-refractivity contribution is -0.119. The van der Waals surface area contributed by atoms with Crippen molar-refractivity contribution in [3.63, 3.8) is 0 Å². The number of amides is 4. The third-order valence-corrected chi connectivity index (χ3v) is 16.0. The lowest BCUT2D eigenvalue weighted by Crippen LogP contribution is -2.23. The number of anilines is 4. The van der Waals surface area contributed by atoms with Gasteiger partial charge in [0.25, 0.3) is 0 Å². The maximum absolute atomic E-state index is 12.6. The second-order valence-corrected chi connectivity index (χ2v) is 22.6. The van der Waals surface area contributed by atoms with Crippen molar-refractivity contribution >= 4 is 113 Å². The second kappa shape index (κ2) is 30.1. The maximum atomic E-state index is 12.6. The van der Waals surface area contributed by atoms with Crippen LogP contribution in [0.15, 0.2) is 121 Å². The summed E-state index contributed by atoms with van der Waals surface area (Å²) in [4.78, 5) is 49.5. The van der Waals surface area contributed by atoms with Crippen LogP contribution in [0.4, 0.5) is 20.5 Å². The van der Waals surface area contributed by atoms with Gasteiger partial charge in [0.15, 0.2) is 0 Å². The van der Waals surface area contributed by atoms with Gasteiger partial charge in [0, 0.05) is 25.7 Å². The van der Waals surface area contributed by atoms with E-state index in [0.29, 0.717) is 46.2 Å². The SMILES string of the molecule is O=C(Cc1ccccc1)Nc1nnc(CCSCCc2nnc(NC(=O)Cc3ccccc3)s2)s1.O=C(Nc1nnc(CCSCCc2nnc(NC(=O)C(CO)c3ccccc3)s2)s1)C(CO)c1ccccc1. The van der Waals surface area contributed by atoms with Gasteiger partial charge < -0.3 is 20.8 Å². The standard InChI is InChI=1S/C26H28N6O4S3.C24H24N6O2S3/c33-15-19(17-7-3-1-4-8-17)23(35)27-25-31-29-21(38-25)11-13-37-14-12-22-30-32-26(39-22)28-24(36)20(16-34)18-9-5-2-6-10-18;31-19(15-17-7-3-1-4-8-17)25-23-29-27-21(34-23)11-13-33-14-12-22-28-30-24(35-22)26-20(32)16-18-9-5-2-6-10-18/h1-10,19-20,33-34H,11-16H2,(H,27,31,35)(H,28,32,36);1-10H,11-16H2,(H,25,29,31)(H,26,30,32). The van der Waals surface area contributed by atoms with Crippen LogP contribution in [-0.4, -0.2) is 111 Å². The molecule has 8 aromatic rings. The fraction of sp³-hybridized carbons (Fsp3) is 0.280. The predicted molar refractivity (Wildman–Crippen MR) is 296 cm³/mol. The Morgan fingerprint density at radius 1 is 0.405 bits per heavy atom. The van der Waals surface area contributed by atoms with Crippen LogP contribution in [-0.2, 0) is 57.7 Å². The van der Waals surface area contributed by atoms with E-state index in [1.807, 2.05) is 97.1 Å². The van der Waals surface area contributed by atoms with Crippen molar-refractivity contribution in [3.8, 4) is 0 Å². The highest BCUT2D eigenvalue weighted by molar-refractivity contribution is 7.99. The highest BCUT2D eigenvalue weighted by Gasteiger charge is 2.23. The number of nitrogens with one attached hydrogen (secondary N) is 4. The average molecular weight is 1110 g/mol. The monoisotopic (exact) mass is 1110 g/mol. The summed E-state index contributed by atoms with van der Waals surface area (Å²) in [5, 5.41) is 68.7. The van der Waals surface area contributed by atoms with Crippen LogP contribution >= 0.6 is 68.9 Å².